The summed E-state index contributed by atoms with van der Waals surface area (Å²) in [5, 5.41) is 0.220. The third-order valence-electron chi connectivity index (χ3n) is 3.87. The van der Waals surface area contributed by atoms with Crippen molar-refractivity contribution in [2.75, 3.05) is 7.11 Å². The maximum Gasteiger partial charge on any atom is 0.340 e. The van der Waals surface area contributed by atoms with Gasteiger partial charge in [0.05, 0.1) is 29.0 Å². The number of hydrogen-bond acceptors (Lipinski definition) is 5. The highest BCUT2D eigenvalue weighted by molar-refractivity contribution is 9.10. The van der Waals surface area contributed by atoms with E-state index in [1.807, 2.05) is 0 Å². The number of rotatable bonds is 5. The average molecular weight is 443 g/mol. The van der Waals surface area contributed by atoms with Crippen LogP contribution in [-0.2, 0) is 9.47 Å². The van der Waals surface area contributed by atoms with E-state index >= 15 is 0 Å². The van der Waals surface area contributed by atoms with Gasteiger partial charge >= 0.3 is 11.9 Å². The number of halogens is 2. The molecule has 6 nitrogen and oxygen atoms in total. The molecule has 0 aliphatic heterocycles. The fraction of sp³-hybridized carbons (Fsp3) is 0.278. The van der Waals surface area contributed by atoms with E-state index < -0.39 is 23.8 Å². The fourth-order valence-electron chi connectivity index (χ4n) is 2.54. The normalized spacial score (nSPS) is 11.8. The summed E-state index contributed by atoms with van der Waals surface area (Å²) in [5.74, 6) is -1.72. The highest BCUT2D eigenvalue weighted by Crippen LogP contribution is 2.24. The zero-order valence-electron chi connectivity index (χ0n) is 14.6. The number of carbonyl (C=O) groups is 3. The molecule has 2 rings (SSSR count). The van der Waals surface area contributed by atoms with Gasteiger partial charge in [0, 0.05) is 10.2 Å². The van der Waals surface area contributed by atoms with Gasteiger partial charge in [-0.15, -0.1) is 0 Å². The smallest absolute Gasteiger partial charge is 0.340 e. The molecule has 0 bridgehead atoms. The number of aromatic amines is 1. The molecule has 0 radical (unpaired) electrons. The Morgan fingerprint density at radius 3 is 2.46 bits per heavy atom. The maximum absolute atomic E-state index is 12.7. The zero-order valence-corrected chi connectivity index (χ0v) is 16.9. The van der Waals surface area contributed by atoms with Gasteiger partial charge in [-0.3, -0.25) is 4.79 Å². The number of Topliss-reactive ketones (excluding diaryl/α,β-unsaturated/α-hetero) is 1. The van der Waals surface area contributed by atoms with Gasteiger partial charge in [-0.05, 0) is 44.5 Å². The van der Waals surface area contributed by atoms with Gasteiger partial charge in [-0.25, -0.2) is 9.59 Å². The van der Waals surface area contributed by atoms with Crippen molar-refractivity contribution in [2.45, 2.75) is 26.9 Å². The first-order valence-electron chi connectivity index (χ1n) is 7.65. The first kappa shape index (κ1) is 20.2. The van der Waals surface area contributed by atoms with Crippen LogP contribution in [0.25, 0.3) is 0 Å². The van der Waals surface area contributed by atoms with Gasteiger partial charge in [0.2, 0.25) is 5.78 Å². The van der Waals surface area contributed by atoms with Crippen molar-refractivity contribution in [2.24, 2.45) is 0 Å². The predicted octanol–water partition coefficient (Wildman–Crippen LogP) is 4.26. The molecule has 1 atom stereocenters. The van der Waals surface area contributed by atoms with Gasteiger partial charge in [-0.1, -0.05) is 27.5 Å². The molecule has 0 aliphatic carbocycles. The molecule has 0 aliphatic rings. The third-order valence-corrected chi connectivity index (χ3v) is 4.70. The van der Waals surface area contributed by atoms with Gasteiger partial charge in [-0.2, -0.15) is 0 Å². The summed E-state index contributed by atoms with van der Waals surface area (Å²) in [7, 11) is 1.27. The minimum absolute atomic E-state index is 0.148. The van der Waals surface area contributed by atoms with Crippen LogP contribution in [0.15, 0.2) is 22.7 Å². The van der Waals surface area contributed by atoms with E-state index in [9.17, 15) is 14.4 Å². The molecule has 0 fully saturated rings. The summed E-state index contributed by atoms with van der Waals surface area (Å²) in [4.78, 5) is 39.7. The number of ketones is 1. The number of nitrogens with one attached hydrogen (secondary N) is 1. The Balaban J connectivity index is 2.24. The van der Waals surface area contributed by atoms with Gasteiger partial charge < -0.3 is 14.5 Å². The van der Waals surface area contributed by atoms with E-state index in [1.165, 1.54) is 20.1 Å². The minimum atomic E-state index is -1.07. The number of hydrogen-bond donors (Lipinski definition) is 1. The van der Waals surface area contributed by atoms with Crippen molar-refractivity contribution in [3.05, 3.63) is 55.8 Å². The van der Waals surface area contributed by atoms with Crippen molar-refractivity contribution < 1.29 is 23.9 Å². The largest absolute Gasteiger partial charge is 0.465 e. The van der Waals surface area contributed by atoms with Crippen molar-refractivity contribution in [3.63, 3.8) is 0 Å². The molecule has 8 heteroatoms. The molecule has 1 aromatic heterocycles. The van der Waals surface area contributed by atoms with Crippen LogP contribution in [0, 0.1) is 13.8 Å². The molecule has 138 valence electrons. The van der Waals surface area contributed by atoms with Crippen LogP contribution in [-0.4, -0.2) is 35.9 Å². The van der Waals surface area contributed by atoms with Crippen LogP contribution in [0.5, 0.6) is 0 Å². The molecule has 0 saturated carbocycles. The molecule has 1 heterocycles. The zero-order chi connectivity index (χ0) is 19.6. The molecule has 0 spiro atoms. The van der Waals surface area contributed by atoms with E-state index in [0.717, 1.165) is 0 Å². The molecule has 0 saturated heterocycles. The number of ether oxygens (including phenoxy) is 2. The van der Waals surface area contributed by atoms with Crippen molar-refractivity contribution in [3.8, 4) is 0 Å². The Morgan fingerprint density at radius 2 is 1.85 bits per heavy atom. The van der Waals surface area contributed by atoms with Crippen LogP contribution in [0.3, 0.4) is 0 Å². The summed E-state index contributed by atoms with van der Waals surface area (Å²) >= 11 is 9.26. The summed E-state index contributed by atoms with van der Waals surface area (Å²) in [6.45, 7) is 4.75. The average Bonchev–Trinajstić information content (AvgIpc) is 2.89. The Kier molecular flexibility index (Phi) is 6.26. The monoisotopic (exact) mass is 441 g/mol. The highest BCUT2D eigenvalue weighted by Gasteiger charge is 2.28. The second-order valence-corrected chi connectivity index (χ2v) is 6.98. The molecular weight excluding hydrogens is 426 g/mol. The van der Waals surface area contributed by atoms with Crippen LogP contribution < -0.4 is 0 Å². The topological polar surface area (TPSA) is 85.5 Å². The molecule has 2 aromatic rings. The lowest BCUT2D eigenvalue weighted by atomic mass is 10.1. The molecule has 1 aromatic carbocycles. The van der Waals surface area contributed by atoms with E-state index in [4.69, 9.17) is 21.1 Å². The van der Waals surface area contributed by atoms with E-state index in [2.05, 4.69) is 20.9 Å². The minimum Gasteiger partial charge on any atom is -0.465 e. The number of benzene rings is 1. The quantitative estimate of drug-likeness (QED) is 0.552. The van der Waals surface area contributed by atoms with E-state index in [1.54, 1.807) is 26.0 Å². The lowest BCUT2D eigenvalue weighted by Crippen LogP contribution is -2.25. The van der Waals surface area contributed by atoms with Crippen LogP contribution >= 0.6 is 27.5 Å². The van der Waals surface area contributed by atoms with Crippen molar-refractivity contribution >= 4 is 45.3 Å². The number of carbonyl (C=O) groups excluding carboxylic acids is 3. The molecule has 0 amide bonds. The highest BCUT2D eigenvalue weighted by atomic mass is 79.9. The number of aromatic nitrogens is 1. The molecule has 1 unspecified atom stereocenters. The summed E-state index contributed by atoms with van der Waals surface area (Å²) < 4.78 is 10.6. The number of H-pyrrole nitrogens is 1. The standard InChI is InChI=1S/C18H17BrClNO5/c1-8-14(18(24)25-4)9(2)21-15(8)16(22)10(3)26-17(23)12-7-11(19)5-6-13(12)20/h5-7,10,21H,1-4H3. The number of aryl methyl sites for hydroxylation is 1. The fourth-order valence-corrected chi connectivity index (χ4v) is 3.10. The van der Waals surface area contributed by atoms with Gasteiger partial charge in [0.15, 0.2) is 6.10 Å². The number of methoxy groups -OCH3 is 1. The number of esters is 2. The summed E-state index contributed by atoms with van der Waals surface area (Å²) in [6, 6.07) is 4.75. The van der Waals surface area contributed by atoms with Crippen molar-refractivity contribution in [1.29, 1.82) is 0 Å². The Hall–Kier alpha value is -2.12. The van der Waals surface area contributed by atoms with Crippen LogP contribution in [0.2, 0.25) is 5.02 Å². The first-order chi connectivity index (χ1) is 12.2. The Labute approximate surface area is 163 Å². The lowest BCUT2D eigenvalue weighted by Gasteiger charge is -2.13. The Morgan fingerprint density at radius 1 is 1.19 bits per heavy atom. The predicted molar refractivity (Wildman–Crippen MR) is 100.0 cm³/mol. The van der Waals surface area contributed by atoms with Crippen LogP contribution in [0.4, 0.5) is 0 Å². The van der Waals surface area contributed by atoms with E-state index in [0.29, 0.717) is 21.3 Å². The van der Waals surface area contributed by atoms with E-state index in [-0.39, 0.29) is 16.3 Å². The Bertz CT molecular complexity index is 890. The molecule has 26 heavy (non-hydrogen) atoms. The maximum atomic E-state index is 12.7. The van der Waals surface area contributed by atoms with Gasteiger partial charge in [0.1, 0.15) is 0 Å². The summed E-state index contributed by atoms with van der Waals surface area (Å²) in [6.07, 6.45) is -1.07. The second kappa shape index (κ2) is 8.05. The SMILES string of the molecule is COC(=O)c1c(C)[nH]c(C(=O)C(C)OC(=O)c2cc(Br)ccc2Cl)c1C. The van der Waals surface area contributed by atoms with Crippen LogP contribution in [0.1, 0.15) is 49.4 Å². The molecule has 1 N–H and O–H groups in total. The lowest BCUT2D eigenvalue weighted by molar-refractivity contribution is 0.0317. The van der Waals surface area contributed by atoms with Crippen molar-refractivity contribution in [1.82, 2.24) is 4.98 Å². The second-order valence-electron chi connectivity index (χ2n) is 5.65. The summed E-state index contributed by atoms with van der Waals surface area (Å²) in [5.41, 5.74) is 1.59. The molecular formula is C18H17BrClNO5. The third kappa shape index (κ3) is 3.99. The van der Waals surface area contributed by atoms with Gasteiger partial charge in [0.25, 0.3) is 0 Å². The first-order valence-corrected chi connectivity index (χ1v) is 8.82.